The van der Waals surface area contributed by atoms with Gasteiger partial charge in [0.25, 0.3) is 0 Å². The van der Waals surface area contributed by atoms with Crippen molar-refractivity contribution in [1.29, 1.82) is 0 Å². The van der Waals surface area contributed by atoms with E-state index in [4.69, 9.17) is 0 Å². The number of rotatable bonds is 5. The molecule has 6 rings (SSSR count). The van der Waals surface area contributed by atoms with Gasteiger partial charge in [0.1, 0.15) is 0 Å². The van der Waals surface area contributed by atoms with Gasteiger partial charge in [-0.15, -0.1) is 0 Å². The predicted octanol–water partition coefficient (Wildman–Crippen LogP) is 9.80. The first kappa shape index (κ1) is 28.2. The quantitative estimate of drug-likeness (QED) is 0.187. The lowest BCUT2D eigenvalue weighted by Crippen LogP contribution is -2.12. The van der Waals surface area contributed by atoms with Gasteiger partial charge in [-0.2, -0.15) is 9.98 Å². The summed E-state index contributed by atoms with van der Waals surface area (Å²) in [5.74, 6) is 2.32. The highest BCUT2D eigenvalue weighted by atomic mass is 16.1. The molecule has 41 heavy (non-hydrogen) atoms. The molecule has 0 radical (unpaired) electrons. The van der Waals surface area contributed by atoms with Crippen LogP contribution in [-0.2, 0) is 16.0 Å². The maximum absolute atomic E-state index is 10.5. The number of nitrogens with zero attached hydrogens (tertiary/aromatic N) is 2. The number of allylic oxidation sites excluding steroid dienone is 3. The molecule has 2 aliphatic carbocycles. The van der Waals surface area contributed by atoms with Crippen molar-refractivity contribution in [3.63, 3.8) is 0 Å². The summed E-state index contributed by atoms with van der Waals surface area (Å²) in [6.45, 7) is 13.9. The van der Waals surface area contributed by atoms with Crippen molar-refractivity contribution in [2.45, 2.75) is 59.8 Å². The summed E-state index contributed by atoms with van der Waals surface area (Å²) in [5.41, 5.74) is 8.99. The van der Waals surface area contributed by atoms with Gasteiger partial charge in [-0.25, -0.2) is 9.59 Å². The number of carbonyl (C=O) groups excluding carboxylic acids is 2. The molecule has 4 aromatic rings. The van der Waals surface area contributed by atoms with Gasteiger partial charge < -0.3 is 0 Å². The van der Waals surface area contributed by atoms with Crippen LogP contribution in [0.3, 0.4) is 0 Å². The zero-order valence-electron chi connectivity index (χ0n) is 24.7. The largest absolute Gasteiger partial charge is 0.240 e. The molecule has 4 aromatic carbocycles. The lowest BCUT2D eigenvalue weighted by Gasteiger charge is -2.30. The Morgan fingerprint density at radius 2 is 1.51 bits per heavy atom. The van der Waals surface area contributed by atoms with Gasteiger partial charge in [0.15, 0.2) is 0 Å². The van der Waals surface area contributed by atoms with Gasteiger partial charge in [0, 0.05) is 17.9 Å². The number of hydrogen-bond donors (Lipinski definition) is 0. The summed E-state index contributed by atoms with van der Waals surface area (Å²) in [6.07, 6.45) is 7.99. The summed E-state index contributed by atoms with van der Waals surface area (Å²) in [5, 5.41) is 5.03. The lowest BCUT2D eigenvalue weighted by atomic mass is 9.74. The normalized spacial score (nSPS) is 15.2. The summed E-state index contributed by atoms with van der Waals surface area (Å²) in [4.78, 5) is 28.3. The standard InChI is InChI=1S/C22H28.C15H8N2O2/c1-13(2)17-10-16-8-7-9-18-19(14(3)4)12-20(15(5)6)21(11-17)22(16)18;18-8-16-12-6-11-3-1-2-10-4-5-14(17-9-19)13(7-12)15(10)11/h7-15,19H,1-6H3;1-5,7H,6H2. The fraction of sp³-hybridized carbons (Fsp3) is 0.297. The molecule has 2 aliphatic rings. The fourth-order valence-corrected chi connectivity index (χ4v) is 6.20. The molecule has 0 amide bonds. The van der Waals surface area contributed by atoms with Gasteiger partial charge in [-0.1, -0.05) is 102 Å². The molecule has 0 fully saturated rings. The Kier molecular flexibility index (Phi) is 7.99. The Hall–Kier alpha value is -4.36. The summed E-state index contributed by atoms with van der Waals surface area (Å²) >= 11 is 0. The molecular weight excluding hydrogens is 504 g/mol. The van der Waals surface area contributed by atoms with Crippen LogP contribution in [0.4, 0.5) is 5.69 Å². The minimum Gasteiger partial charge on any atom is -0.211 e. The van der Waals surface area contributed by atoms with Crippen molar-refractivity contribution in [2.24, 2.45) is 21.8 Å². The molecule has 1 unspecified atom stereocenters. The molecule has 0 heterocycles. The van der Waals surface area contributed by atoms with Gasteiger partial charge in [0.05, 0.1) is 11.4 Å². The average Bonchev–Trinajstić information content (AvgIpc) is 2.95. The van der Waals surface area contributed by atoms with E-state index in [1.165, 1.54) is 33.0 Å². The Morgan fingerprint density at radius 3 is 2.20 bits per heavy atom. The second-order valence-electron chi connectivity index (χ2n) is 11.9. The summed E-state index contributed by atoms with van der Waals surface area (Å²) in [7, 11) is 0. The van der Waals surface area contributed by atoms with Crippen molar-refractivity contribution < 1.29 is 9.59 Å². The van der Waals surface area contributed by atoms with Crippen LogP contribution >= 0.6 is 0 Å². The van der Waals surface area contributed by atoms with Crippen LogP contribution in [0.25, 0.3) is 33.2 Å². The molecule has 1 atom stereocenters. The van der Waals surface area contributed by atoms with E-state index in [9.17, 15) is 9.59 Å². The zero-order valence-corrected chi connectivity index (χ0v) is 24.7. The van der Waals surface area contributed by atoms with Gasteiger partial charge >= 0.3 is 0 Å². The van der Waals surface area contributed by atoms with Crippen molar-refractivity contribution in [3.05, 3.63) is 100 Å². The highest BCUT2D eigenvalue weighted by Crippen LogP contribution is 2.45. The minimum atomic E-state index is 0.535. The third-order valence-corrected chi connectivity index (χ3v) is 8.25. The van der Waals surface area contributed by atoms with Gasteiger partial charge in [-0.3, -0.25) is 0 Å². The maximum atomic E-state index is 10.5. The first-order valence-corrected chi connectivity index (χ1v) is 14.4. The van der Waals surface area contributed by atoms with E-state index in [2.05, 4.69) is 87.9 Å². The van der Waals surface area contributed by atoms with Crippen LogP contribution in [0.5, 0.6) is 0 Å². The summed E-state index contributed by atoms with van der Waals surface area (Å²) in [6, 6.07) is 21.3. The molecule has 4 nitrogen and oxygen atoms in total. The molecule has 0 saturated heterocycles. The Labute approximate surface area is 242 Å². The number of aliphatic imine (C=N–C) groups is 2. The first-order valence-electron chi connectivity index (χ1n) is 14.4. The van der Waals surface area contributed by atoms with Crippen molar-refractivity contribution in [2.75, 3.05) is 0 Å². The molecular formula is C37H36N2O2. The van der Waals surface area contributed by atoms with E-state index in [1.807, 2.05) is 24.3 Å². The highest BCUT2D eigenvalue weighted by molar-refractivity contribution is 6.01. The molecule has 0 saturated carbocycles. The number of hydrogen-bond acceptors (Lipinski definition) is 4. The molecule has 0 bridgehead atoms. The Bertz CT molecular complexity index is 1810. The zero-order chi connectivity index (χ0) is 29.3. The predicted molar refractivity (Wildman–Crippen MR) is 170 cm³/mol. The maximum Gasteiger partial charge on any atom is 0.240 e. The van der Waals surface area contributed by atoms with Crippen molar-refractivity contribution >= 4 is 51.0 Å². The van der Waals surface area contributed by atoms with Crippen LogP contribution in [0.1, 0.15) is 81.2 Å². The summed E-state index contributed by atoms with van der Waals surface area (Å²) < 4.78 is 0. The van der Waals surface area contributed by atoms with Gasteiger partial charge in [0.2, 0.25) is 12.2 Å². The first-order chi connectivity index (χ1) is 19.7. The third-order valence-electron chi connectivity index (χ3n) is 8.25. The molecule has 0 aromatic heterocycles. The molecule has 206 valence electrons. The second kappa shape index (κ2) is 11.6. The molecule has 0 aliphatic heterocycles. The van der Waals surface area contributed by atoms with E-state index in [0.717, 1.165) is 21.9 Å². The van der Waals surface area contributed by atoms with Crippen LogP contribution in [0.15, 0.2) is 82.4 Å². The SMILES string of the molecule is CC(C)C1=CC(C(C)C)c2cccc3cc(C(C)C)cc1c23.O=C=NC1=Cc2c(N=C=O)ccc3cccc(c23)C1. The van der Waals surface area contributed by atoms with E-state index >= 15 is 0 Å². The lowest BCUT2D eigenvalue weighted by molar-refractivity contribution is 0.564. The van der Waals surface area contributed by atoms with E-state index in [0.29, 0.717) is 41.5 Å². The molecule has 0 spiro atoms. The number of isocyanates is 2. The van der Waals surface area contributed by atoms with Crippen molar-refractivity contribution in [3.8, 4) is 0 Å². The van der Waals surface area contributed by atoms with Crippen LogP contribution in [0, 0.1) is 11.8 Å². The molecule has 4 heteroatoms. The molecule has 0 N–H and O–H groups in total. The third kappa shape index (κ3) is 5.37. The fourth-order valence-electron chi connectivity index (χ4n) is 6.20. The second-order valence-corrected chi connectivity index (χ2v) is 11.9. The topological polar surface area (TPSA) is 58.9 Å². The van der Waals surface area contributed by atoms with E-state index in [-0.39, 0.29) is 0 Å². The average molecular weight is 541 g/mol. The Morgan fingerprint density at radius 1 is 0.780 bits per heavy atom. The highest BCUT2D eigenvalue weighted by Gasteiger charge is 2.26. The Balaban J connectivity index is 0.000000166. The van der Waals surface area contributed by atoms with Crippen LogP contribution in [0.2, 0.25) is 0 Å². The number of benzene rings is 4. The van der Waals surface area contributed by atoms with Gasteiger partial charge in [-0.05, 0) is 79.3 Å². The van der Waals surface area contributed by atoms with Crippen LogP contribution in [-0.4, -0.2) is 12.2 Å². The van der Waals surface area contributed by atoms with E-state index in [1.54, 1.807) is 24.3 Å². The monoisotopic (exact) mass is 540 g/mol. The van der Waals surface area contributed by atoms with Crippen LogP contribution < -0.4 is 0 Å². The smallest absolute Gasteiger partial charge is 0.211 e. The minimum absolute atomic E-state index is 0.535. The van der Waals surface area contributed by atoms with E-state index < -0.39 is 0 Å². The van der Waals surface area contributed by atoms with Crippen molar-refractivity contribution in [1.82, 2.24) is 0 Å².